The molecule has 2 aromatic rings. The fraction of sp³-hybridized carbons (Fsp3) is 0.467. The summed E-state index contributed by atoms with van der Waals surface area (Å²) in [5, 5.41) is 5.75. The number of nitrogens with zero attached hydrogens (tertiary/aromatic N) is 2. The molecule has 0 saturated carbocycles. The third-order valence-electron chi connectivity index (χ3n) is 3.96. The van der Waals surface area contributed by atoms with Crippen LogP contribution >= 0.6 is 11.3 Å². The maximum absolute atomic E-state index is 12.5. The summed E-state index contributed by atoms with van der Waals surface area (Å²) in [7, 11) is -2.67. The van der Waals surface area contributed by atoms with Crippen molar-refractivity contribution in [1.82, 2.24) is 9.78 Å². The lowest BCUT2D eigenvalue weighted by Crippen LogP contribution is -2.20. The van der Waals surface area contributed by atoms with Gasteiger partial charge in [-0.3, -0.25) is 9.40 Å². The lowest BCUT2D eigenvalue weighted by atomic mass is 10.0. The first-order valence-corrected chi connectivity index (χ1v) is 10.1. The van der Waals surface area contributed by atoms with Crippen LogP contribution in [0.5, 0.6) is 0 Å². The van der Waals surface area contributed by atoms with Crippen LogP contribution in [-0.4, -0.2) is 44.5 Å². The number of aromatic nitrogens is 2. The molecule has 1 aliphatic rings. The molecule has 3 heterocycles. The Kier molecular flexibility index (Phi) is 5.40. The number of hydrogen-bond acceptors (Lipinski definition) is 7. The van der Waals surface area contributed by atoms with Crippen LogP contribution in [0.3, 0.4) is 0 Å². The van der Waals surface area contributed by atoms with Crippen molar-refractivity contribution >= 4 is 33.0 Å². The van der Waals surface area contributed by atoms with Crippen LogP contribution in [0.25, 0.3) is 0 Å². The van der Waals surface area contributed by atoms with E-state index in [4.69, 9.17) is 4.74 Å². The third-order valence-corrected chi connectivity index (χ3v) is 6.41. The van der Waals surface area contributed by atoms with Crippen molar-refractivity contribution < 1.29 is 22.7 Å². The molecule has 0 bridgehead atoms. The zero-order chi connectivity index (χ0) is 17.9. The second kappa shape index (κ2) is 7.54. The highest BCUT2D eigenvalue weighted by atomic mass is 32.2. The van der Waals surface area contributed by atoms with Crippen LogP contribution in [0.2, 0.25) is 0 Å². The van der Waals surface area contributed by atoms with Crippen molar-refractivity contribution in [2.45, 2.75) is 24.3 Å². The number of sulfonamides is 1. The third kappa shape index (κ3) is 4.20. The van der Waals surface area contributed by atoms with Crippen molar-refractivity contribution in [2.75, 3.05) is 25.0 Å². The number of anilines is 1. The highest BCUT2D eigenvalue weighted by Crippen LogP contribution is 2.25. The van der Waals surface area contributed by atoms with E-state index in [-0.39, 0.29) is 9.77 Å². The maximum atomic E-state index is 12.5. The van der Waals surface area contributed by atoms with Gasteiger partial charge in [0.1, 0.15) is 9.77 Å². The minimum Gasteiger partial charge on any atom is -0.465 e. The summed E-state index contributed by atoms with van der Waals surface area (Å²) in [5.41, 5.74) is 0.356. The van der Waals surface area contributed by atoms with Gasteiger partial charge >= 0.3 is 5.97 Å². The Morgan fingerprint density at radius 1 is 1.48 bits per heavy atom. The predicted molar refractivity (Wildman–Crippen MR) is 92.2 cm³/mol. The molecule has 0 radical (unpaired) electrons. The Hall–Kier alpha value is -1.91. The van der Waals surface area contributed by atoms with E-state index in [9.17, 15) is 13.2 Å². The average molecular weight is 385 g/mol. The number of methoxy groups -OCH3 is 1. The Labute approximate surface area is 149 Å². The van der Waals surface area contributed by atoms with Crippen molar-refractivity contribution in [3.05, 3.63) is 28.7 Å². The van der Waals surface area contributed by atoms with Crippen LogP contribution in [-0.2, 0) is 26.0 Å². The standard InChI is InChI=1S/C15H19N3O5S2/c1-22-15(19)14-13(4-7-24-14)25(20,21)17-12-8-16-18(10-12)9-11-2-5-23-6-3-11/h4,7-8,10-11,17H,2-3,5-6,9H2,1H3. The summed E-state index contributed by atoms with van der Waals surface area (Å²) in [4.78, 5) is 11.6. The Bertz CT molecular complexity index is 837. The molecule has 0 spiro atoms. The molecule has 2 aromatic heterocycles. The number of thiophene rings is 1. The first-order valence-electron chi connectivity index (χ1n) is 7.78. The summed E-state index contributed by atoms with van der Waals surface area (Å²) < 4.78 is 39.2. The molecule has 0 unspecified atom stereocenters. The van der Waals surface area contributed by atoms with E-state index in [0.29, 0.717) is 11.6 Å². The lowest BCUT2D eigenvalue weighted by molar-refractivity contribution is 0.0599. The van der Waals surface area contributed by atoms with E-state index in [2.05, 4.69) is 14.6 Å². The molecule has 136 valence electrons. The molecular weight excluding hydrogens is 366 g/mol. The number of rotatable bonds is 6. The minimum absolute atomic E-state index is 0.0459. The molecule has 25 heavy (non-hydrogen) atoms. The van der Waals surface area contributed by atoms with Gasteiger partial charge in [0.05, 0.1) is 19.0 Å². The first-order chi connectivity index (χ1) is 12.0. The molecule has 1 N–H and O–H groups in total. The second-order valence-electron chi connectivity index (χ2n) is 5.72. The molecule has 3 rings (SSSR count). The predicted octanol–water partition coefficient (Wildman–Crippen LogP) is 1.96. The molecule has 1 fully saturated rings. The Morgan fingerprint density at radius 3 is 2.96 bits per heavy atom. The zero-order valence-electron chi connectivity index (χ0n) is 13.7. The molecule has 0 atom stereocenters. The summed E-state index contributed by atoms with van der Waals surface area (Å²) >= 11 is 1.02. The molecule has 1 saturated heterocycles. The minimum atomic E-state index is -3.89. The topological polar surface area (TPSA) is 99.5 Å². The summed E-state index contributed by atoms with van der Waals surface area (Å²) in [5.74, 6) is -0.202. The quantitative estimate of drug-likeness (QED) is 0.763. The van der Waals surface area contributed by atoms with E-state index in [1.807, 2.05) is 0 Å². The van der Waals surface area contributed by atoms with Gasteiger partial charge in [0.25, 0.3) is 10.0 Å². The lowest BCUT2D eigenvalue weighted by Gasteiger charge is -2.21. The maximum Gasteiger partial charge on any atom is 0.349 e. The van der Waals surface area contributed by atoms with E-state index in [1.165, 1.54) is 24.8 Å². The van der Waals surface area contributed by atoms with E-state index >= 15 is 0 Å². The van der Waals surface area contributed by atoms with Crippen LogP contribution < -0.4 is 4.72 Å². The van der Waals surface area contributed by atoms with Gasteiger partial charge in [-0.05, 0) is 30.2 Å². The van der Waals surface area contributed by atoms with E-state index in [1.54, 1.807) is 10.9 Å². The van der Waals surface area contributed by atoms with Crippen molar-refractivity contribution in [3.8, 4) is 0 Å². The smallest absolute Gasteiger partial charge is 0.349 e. The van der Waals surface area contributed by atoms with Gasteiger partial charge in [-0.15, -0.1) is 11.3 Å². The Morgan fingerprint density at radius 2 is 2.24 bits per heavy atom. The van der Waals surface area contributed by atoms with Gasteiger partial charge < -0.3 is 9.47 Å². The van der Waals surface area contributed by atoms with E-state index < -0.39 is 16.0 Å². The fourth-order valence-electron chi connectivity index (χ4n) is 2.67. The van der Waals surface area contributed by atoms with E-state index in [0.717, 1.165) is 43.9 Å². The average Bonchev–Trinajstić information content (AvgIpc) is 3.24. The SMILES string of the molecule is COC(=O)c1sccc1S(=O)(=O)Nc1cnn(CC2CCOCC2)c1. The van der Waals surface area contributed by atoms with Crippen LogP contribution in [0.4, 0.5) is 5.69 Å². The number of carbonyl (C=O) groups is 1. The molecular formula is C15H19N3O5S2. The summed E-state index contributed by atoms with van der Waals surface area (Å²) in [6.07, 6.45) is 5.05. The van der Waals surface area contributed by atoms with Crippen molar-refractivity contribution in [2.24, 2.45) is 5.92 Å². The van der Waals surface area contributed by atoms with Gasteiger partial charge in [0.2, 0.25) is 0 Å². The molecule has 8 nitrogen and oxygen atoms in total. The first kappa shape index (κ1) is 17.9. The second-order valence-corrected chi connectivity index (χ2v) is 8.28. The highest BCUT2D eigenvalue weighted by Gasteiger charge is 2.25. The number of hydrogen-bond donors (Lipinski definition) is 1. The number of ether oxygens (including phenoxy) is 2. The normalized spacial score (nSPS) is 15.9. The number of nitrogens with one attached hydrogen (secondary N) is 1. The zero-order valence-corrected chi connectivity index (χ0v) is 15.3. The van der Waals surface area contributed by atoms with Gasteiger partial charge in [0.15, 0.2) is 0 Å². The molecule has 1 aliphatic heterocycles. The van der Waals surface area contributed by atoms with Gasteiger partial charge in [-0.25, -0.2) is 13.2 Å². The molecule has 0 aliphatic carbocycles. The molecule has 0 aromatic carbocycles. The van der Waals surface area contributed by atoms with Gasteiger partial charge in [-0.2, -0.15) is 5.10 Å². The van der Waals surface area contributed by atoms with Gasteiger partial charge in [0, 0.05) is 26.0 Å². The fourth-order valence-corrected chi connectivity index (χ4v) is 5.03. The largest absolute Gasteiger partial charge is 0.465 e. The number of esters is 1. The summed E-state index contributed by atoms with van der Waals surface area (Å²) in [6.45, 7) is 2.22. The van der Waals surface area contributed by atoms with Gasteiger partial charge in [-0.1, -0.05) is 0 Å². The number of carbonyl (C=O) groups excluding carboxylic acids is 1. The summed E-state index contributed by atoms with van der Waals surface area (Å²) in [6, 6.07) is 1.38. The Balaban J connectivity index is 1.71. The molecule has 0 amide bonds. The molecule has 10 heteroatoms. The highest BCUT2D eigenvalue weighted by molar-refractivity contribution is 7.93. The van der Waals surface area contributed by atoms with Crippen LogP contribution in [0.1, 0.15) is 22.5 Å². The van der Waals surface area contributed by atoms with Crippen molar-refractivity contribution in [3.63, 3.8) is 0 Å². The van der Waals surface area contributed by atoms with Crippen molar-refractivity contribution in [1.29, 1.82) is 0 Å². The van der Waals surface area contributed by atoms with Crippen LogP contribution in [0.15, 0.2) is 28.7 Å². The van der Waals surface area contributed by atoms with Crippen LogP contribution in [0, 0.1) is 5.92 Å². The monoisotopic (exact) mass is 385 g/mol.